The molecule has 0 spiro atoms. The zero-order chi connectivity index (χ0) is 15.4. The van der Waals surface area contributed by atoms with Crippen LogP contribution in [-0.2, 0) is 6.54 Å². The Bertz CT molecular complexity index is 643. The van der Waals surface area contributed by atoms with E-state index >= 15 is 0 Å². The van der Waals surface area contributed by atoms with Crippen molar-refractivity contribution in [3.05, 3.63) is 63.9 Å². The van der Waals surface area contributed by atoms with Gasteiger partial charge in [0.25, 0.3) is 5.91 Å². The third-order valence-corrected chi connectivity index (χ3v) is 3.74. The Morgan fingerprint density at radius 3 is 2.48 bits per heavy atom. The van der Waals surface area contributed by atoms with Crippen molar-refractivity contribution in [1.82, 2.24) is 4.90 Å². The number of hydrogen-bond donors (Lipinski definition) is 0. The second-order valence-electron chi connectivity index (χ2n) is 4.63. The minimum atomic E-state index is -0.378. The number of carbonyl (C=O) groups is 1. The SMILES string of the molecule is COc1ccc(CN(C)C(=O)c2ccc(F)cc2Br)cc1. The maximum atomic E-state index is 13.1. The van der Waals surface area contributed by atoms with E-state index in [1.165, 1.54) is 18.2 Å². The number of amides is 1. The standard InChI is InChI=1S/C16H15BrFNO2/c1-19(10-11-3-6-13(21-2)7-4-11)16(20)14-8-5-12(18)9-15(14)17/h3-9H,10H2,1-2H3. The Kier molecular flexibility index (Phi) is 4.96. The van der Waals surface area contributed by atoms with Crippen molar-refractivity contribution < 1.29 is 13.9 Å². The summed E-state index contributed by atoms with van der Waals surface area (Å²) in [5.74, 6) is 0.225. The van der Waals surface area contributed by atoms with Crippen molar-refractivity contribution in [3.8, 4) is 5.75 Å². The lowest BCUT2D eigenvalue weighted by Crippen LogP contribution is -2.26. The van der Waals surface area contributed by atoms with Gasteiger partial charge in [-0.15, -0.1) is 0 Å². The number of carbonyl (C=O) groups excluding carboxylic acids is 1. The van der Waals surface area contributed by atoms with Crippen molar-refractivity contribution in [1.29, 1.82) is 0 Å². The molecule has 0 fully saturated rings. The molecule has 0 bridgehead atoms. The summed E-state index contributed by atoms with van der Waals surface area (Å²) in [7, 11) is 3.32. The van der Waals surface area contributed by atoms with Gasteiger partial charge in [-0.3, -0.25) is 4.79 Å². The highest BCUT2D eigenvalue weighted by molar-refractivity contribution is 9.10. The molecule has 5 heteroatoms. The maximum Gasteiger partial charge on any atom is 0.255 e. The van der Waals surface area contributed by atoms with E-state index in [1.807, 2.05) is 24.3 Å². The monoisotopic (exact) mass is 351 g/mol. The van der Waals surface area contributed by atoms with Crippen molar-refractivity contribution in [2.24, 2.45) is 0 Å². The molecule has 0 N–H and O–H groups in total. The van der Waals surface area contributed by atoms with Gasteiger partial charge in [-0.1, -0.05) is 12.1 Å². The Balaban J connectivity index is 2.11. The van der Waals surface area contributed by atoms with Crippen LogP contribution in [0.1, 0.15) is 15.9 Å². The lowest BCUT2D eigenvalue weighted by atomic mass is 10.1. The highest BCUT2D eigenvalue weighted by Gasteiger charge is 2.15. The summed E-state index contributed by atoms with van der Waals surface area (Å²) in [6.07, 6.45) is 0. The van der Waals surface area contributed by atoms with Gasteiger partial charge in [0.05, 0.1) is 12.7 Å². The molecule has 2 rings (SSSR count). The van der Waals surface area contributed by atoms with Gasteiger partial charge in [0.15, 0.2) is 0 Å². The Morgan fingerprint density at radius 1 is 1.24 bits per heavy atom. The predicted octanol–water partition coefficient (Wildman–Crippen LogP) is 3.87. The average molecular weight is 352 g/mol. The number of rotatable bonds is 4. The van der Waals surface area contributed by atoms with Crippen LogP contribution < -0.4 is 4.74 Å². The minimum Gasteiger partial charge on any atom is -0.497 e. The van der Waals surface area contributed by atoms with Gasteiger partial charge in [0.1, 0.15) is 11.6 Å². The lowest BCUT2D eigenvalue weighted by molar-refractivity contribution is 0.0784. The van der Waals surface area contributed by atoms with Crippen LogP contribution in [0.4, 0.5) is 4.39 Å². The molecule has 21 heavy (non-hydrogen) atoms. The molecule has 0 aliphatic carbocycles. The molecule has 2 aromatic carbocycles. The van der Waals surface area contributed by atoms with E-state index in [0.717, 1.165) is 11.3 Å². The molecule has 0 heterocycles. The molecule has 0 saturated carbocycles. The summed E-state index contributed by atoms with van der Waals surface area (Å²) >= 11 is 3.22. The first kappa shape index (κ1) is 15.5. The van der Waals surface area contributed by atoms with Crippen LogP contribution in [0.15, 0.2) is 46.9 Å². The van der Waals surface area contributed by atoms with Crippen LogP contribution in [-0.4, -0.2) is 25.0 Å². The molecular weight excluding hydrogens is 337 g/mol. The summed E-state index contributed by atoms with van der Waals surface area (Å²) in [5, 5.41) is 0. The molecule has 2 aromatic rings. The van der Waals surface area contributed by atoms with E-state index in [9.17, 15) is 9.18 Å². The molecule has 0 aromatic heterocycles. The summed E-state index contributed by atoms with van der Waals surface area (Å²) < 4.78 is 18.6. The molecule has 0 atom stereocenters. The van der Waals surface area contributed by atoms with Gasteiger partial charge in [0, 0.05) is 18.1 Å². The minimum absolute atomic E-state index is 0.169. The predicted molar refractivity (Wildman–Crippen MR) is 82.9 cm³/mol. The van der Waals surface area contributed by atoms with Gasteiger partial charge in [-0.2, -0.15) is 0 Å². The van der Waals surface area contributed by atoms with Gasteiger partial charge >= 0.3 is 0 Å². The number of methoxy groups -OCH3 is 1. The van der Waals surface area contributed by atoms with E-state index in [4.69, 9.17) is 4.74 Å². The highest BCUT2D eigenvalue weighted by Crippen LogP contribution is 2.20. The van der Waals surface area contributed by atoms with E-state index in [-0.39, 0.29) is 11.7 Å². The molecule has 110 valence electrons. The van der Waals surface area contributed by atoms with Crippen LogP contribution in [0.5, 0.6) is 5.75 Å². The Labute approximate surface area is 131 Å². The molecule has 0 aliphatic rings. The Hall–Kier alpha value is -1.88. The average Bonchev–Trinajstić information content (AvgIpc) is 2.47. The fraction of sp³-hybridized carbons (Fsp3) is 0.188. The number of ether oxygens (including phenoxy) is 1. The summed E-state index contributed by atoms with van der Waals surface area (Å²) in [5.41, 5.74) is 1.43. The lowest BCUT2D eigenvalue weighted by Gasteiger charge is -2.18. The van der Waals surface area contributed by atoms with Crippen LogP contribution in [0, 0.1) is 5.82 Å². The molecule has 0 radical (unpaired) electrons. The van der Waals surface area contributed by atoms with Crippen LogP contribution in [0.25, 0.3) is 0 Å². The fourth-order valence-corrected chi connectivity index (χ4v) is 2.47. The molecular formula is C16H15BrFNO2. The Morgan fingerprint density at radius 2 is 1.90 bits per heavy atom. The zero-order valence-electron chi connectivity index (χ0n) is 11.8. The quantitative estimate of drug-likeness (QED) is 0.836. The normalized spacial score (nSPS) is 10.3. The third kappa shape index (κ3) is 3.82. The van der Waals surface area contributed by atoms with E-state index in [0.29, 0.717) is 16.6 Å². The number of halogens is 2. The van der Waals surface area contributed by atoms with Crippen LogP contribution in [0.2, 0.25) is 0 Å². The van der Waals surface area contributed by atoms with Crippen molar-refractivity contribution >= 4 is 21.8 Å². The fourth-order valence-electron chi connectivity index (χ4n) is 1.95. The molecule has 3 nitrogen and oxygen atoms in total. The zero-order valence-corrected chi connectivity index (χ0v) is 13.4. The van der Waals surface area contributed by atoms with E-state index in [2.05, 4.69) is 15.9 Å². The highest BCUT2D eigenvalue weighted by atomic mass is 79.9. The van der Waals surface area contributed by atoms with Gasteiger partial charge < -0.3 is 9.64 Å². The van der Waals surface area contributed by atoms with Gasteiger partial charge in [-0.25, -0.2) is 4.39 Å². The van der Waals surface area contributed by atoms with E-state index < -0.39 is 0 Å². The van der Waals surface area contributed by atoms with Crippen LogP contribution in [0.3, 0.4) is 0 Å². The topological polar surface area (TPSA) is 29.5 Å². The molecule has 0 aliphatic heterocycles. The number of hydrogen-bond acceptors (Lipinski definition) is 2. The maximum absolute atomic E-state index is 13.1. The molecule has 0 unspecified atom stereocenters. The largest absolute Gasteiger partial charge is 0.497 e. The van der Waals surface area contributed by atoms with E-state index in [1.54, 1.807) is 19.1 Å². The number of nitrogens with zero attached hydrogens (tertiary/aromatic N) is 1. The van der Waals surface area contributed by atoms with Gasteiger partial charge in [-0.05, 0) is 51.8 Å². The summed E-state index contributed by atoms with van der Waals surface area (Å²) in [6, 6.07) is 11.5. The second-order valence-corrected chi connectivity index (χ2v) is 5.49. The van der Waals surface area contributed by atoms with Crippen molar-refractivity contribution in [2.45, 2.75) is 6.54 Å². The number of benzene rings is 2. The molecule has 0 saturated heterocycles. The van der Waals surface area contributed by atoms with Crippen molar-refractivity contribution in [3.63, 3.8) is 0 Å². The second kappa shape index (κ2) is 6.72. The summed E-state index contributed by atoms with van der Waals surface area (Å²) in [4.78, 5) is 13.9. The van der Waals surface area contributed by atoms with Crippen LogP contribution >= 0.6 is 15.9 Å². The first-order valence-corrected chi connectivity index (χ1v) is 7.14. The smallest absolute Gasteiger partial charge is 0.255 e. The van der Waals surface area contributed by atoms with Gasteiger partial charge in [0.2, 0.25) is 0 Å². The van der Waals surface area contributed by atoms with Crippen molar-refractivity contribution in [2.75, 3.05) is 14.2 Å². The first-order chi connectivity index (χ1) is 10.0. The third-order valence-electron chi connectivity index (χ3n) is 3.09. The molecule has 1 amide bonds. The summed E-state index contributed by atoms with van der Waals surface area (Å²) in [6.45, 7) is 0.465. The first-order valence-electron chi connectivity index (χ1n) is 6.34.